The lowest BCUT2D eigenvalue weighted by atomic mass is 10.0. The molecule has 4 rings (SSSR count). The lowest BCUT2D eigenvalue weighted by Crippen LogP contribution is -2.39. The van der Waals surface area contributed by atoms with Gasteiger partial charge in [0.05, 0.1) is 15.8 Å². The summed E-state index contributed by atoms with van der Waals surface area (Å²) >= 11 is 1.66. The van der Waals surface area contributed by atoms with Crippen LogP contribution in [0.2, 0.25) is 0 Å². The topological polar surface area (TPSA) is 50.3 Å². The Hall–Kier alpha value is -2.18. The molecule has 2 aromatic carbocycles. The van der Waals surface area contributed by atoms with Crippen LogP contribution >= 0.6 is 11.3 Å². The van der Waals surface area contributed by atoms with Gasteiger partial charge in [-0.15, -0.1) is 11.3 Å². The van der Waals surface area contributed by atoms with Gasteiger partial charge in [-0.1, -0.05) is 41.5 Å². The molecule has 3 aromatic rings. The van der Waals surface area contributed by atoms with Crippen molar-refractivity contribution in [3.8, 4) is 0 Å². The third kappa shape index (κ3) is 4.44. The van der Waals surface area contributed by atoms with Crippen LogP contribution in [0.3, 0.4) is 0 Å². The van der Waals surface area contributed by atoms with Crippen LogP contribution < -0.4 is 4.90 Å². The molecular weight excluding hydrogens is 412 g/mol. The molecule has 1 aromatic heterocycles. The second kappa shape index (κ2) is 8.52. The predicted octanol–water partition coefficient (Wildman–Crippen LogP) is 5.10. The summed E-state index contributed by atoms with van der Waals surface area (Å²) in [6, 6.07) is 13.7. The zero-order valence-corrected chi connectivity index (χ0v) is 19.4. The molecule has 0 radical (unpaired) electrons. The molecule has 0 amide bonds. The number of thiazole rings is 1. The van der Waals surface area contributed by atoms with E-state index in [1.54, 1.807) is 23.5 Å². The minimum absolute atomic E-state index is 0.314. The first kappa shape index (κ1) is 21.1. The fourth-order valence-corrected chi connectivity index (χ4v) is 6.60. The van der Waals surface area contributed by atoms with Gasteiger partial charge in [0.15, 0.2) is 15.0 Å². The van der Waals surface area contributed by atoms with Gasteiger partial charge >= 0.3 is 0 Å². The maximum atomic E-state index is 13.0. The Morgan fingerprint density at radius 2 is 1.67 bits per heavy atom. The number of aromatic nitrogens is 1. The van der Waals surface area contributed by atoms with E-state index in [-0.39, 0.29) is 5.25 Å². The van der Waals surface area contributed by atoms with Crippen LogP contribution in [-0.2, 0) is 16.3 Å². The lowest BCUT2D eigenvalue weighted by Gasteiger charge is -2.31. The number of benzene rings is 2. The first-order valence-corrected chi connectivity index (χ1v) is 12.8. The van der Waals surface area contributed by atoms with E-state index in [4.69, 9.17) is 4.98 Å². The third-order valence-corrected chi connectivity index (χ3v) is 9.15. The SMILES string of the molecule is Cc1ccc(S(=O)(=O)C2CCN(c3nc(Cc4cc(C)ccc4C)cs3)CC2)cc1. The number of hydrogen-bond donors (Lipinski definition) is 0. The van der Waals surface area contributed by atoms with Crippen LogP contribution in [0, 0.1) is 20.8 Å². The fraction of sp³-hybridized carbons (Fsp3) is 0.375. The van der Waals surface area contributed by atoms with Crippen LogP contribution in [0.25, 0.3) is 0 Å². The Labute approximate surface area is 183 Å². The van der Waals surface area contributed by atoms with Gasteiger partial charge in [-0.05, 0) is 56.9 Å². The van der Waals surface area contributed by atoms with Crippen LogP contribution in [0.4, 0.5) is 5.13 Å². The van der Waals surface area contributed by atoms with Gasteiger partial charge < -0.3 is 4.90 Å². The molecule has 4 nitrogen and oxygen atoms in total. The Kier molecular flexibility index (Phi) is 5.98. The number of aryl methyl sites for hydroxylation is 3. The van der Waals surface area contributed by atoms with Crippen molar-refractivity contribution in [2.45, 2.75) is 50.2 Å². The zero-order valence-electron chi connectivity index (χ0n) is 17.8. The molecule has 6 heteroatoms. The van der Waals surface area contributed by atoms with Crippen molar-refractivity contribution in [3.05, 3.63) is 75.8 Å². The summed E-state index contributed by atoms with van der Waals surface area (Å²) in [7, 11) is -3.27. The van der Waals surface area contributed by atoms with E-state index in [0.29, 0.717) is 17.7 Å². The van der Waals surface area contributed by atoms with E-state index in [0.717, 1.165) is 35.9 Å². The first-order valence-electron chi connectivity index (χ1n) is 10.4. The number of anilines is 1. The molecule has 1 fully saturated rings. The Balaban J connectivity index is 1.41. The average molecular weight is 441 g/mol. The Morgan fingerprint density at radius 1 is 1.00 bits per heavy atom. The van der Waals surface area contributed by atoms with Crippen molar-refractivity contribution in [2.75, 3.05) is 18.0 Å². The molecule has 0 bridgehead atoms. The molecule has 0 N–H and O–H groups in total. The molecule has 0 aliphatic carbocycles. The number of rotatable bonds is 5. The first-order chi connectivity index (χ1) is 14.3. The second-order valence-electron chi connectivity index (χ2n) is 8.27. The highest BCUT2D eigenvalue weighted by atomic mass is 32.2. The van der Waals surface area contributed by atoms with E-state index in [2.05, 4.69) is 42.3 Å². The van der Waals surface area contributed by atoms with E-state index < -0.39 is 9.84 Å². The predicted molar refractivity (Wildman–Crippen MR) is 124 cm³/mol. The molecule has 30 heavy (non-hydrogen) atoms. The Morgan fingerprint density at radius 3 is 2.37 bits per heavy atom. The molecular formula is C24H28N2O2S2. The standard InChI is InChI=1S/C24H28N2O2S2/c1-17-5-8-22(9-6-17)30(27,28)23-10-12-26(13-11-23)24-25-21(16-29-24)15-20-14-18(2)4-7-19(20)3/h4-9,14,16,23H,10-13,15H2,1-3H3. The van der Waals surface area contributed by atoms with Gasteiger partial charge in [0.1, 0.15) is 0 Å². The lowest BCUT2D eigenvalue weighted by molar-refractivity contribution is 0.529. The summed E-state index contributed by atoms with van der Waals surface area (Å²) < 4.78 is 26.0. The van der Waals surface area contributed by atoms with E-state index in [9.17, 15) is 8.42 Å². The summed E-state index contributed by atoms with van der Waals surface area (Å²) in [6.07, 6.45) is 2.12. The normalized spacial score (nSPS) is 15.5. The second-order valence-corrected chi connectivity index (χ2v) is 11.3. The summed E-state index contributed by atoms with van der Waals surface area (Å²) in [5.74, 6) is 0. The molecule has 0 saturated carbocycles. The van der Waals surface area contributed by atoms with Gasteiger partial charge in [0.2, 0.25) is 0 Å². The van der Waals surface area contributed by atoms with E-state index in [1.165, 1.54) is 16.7 Å². The molecule has 2 heterocycles. The smallest absolute Gasteiger partial charge is 0.185 e. The summed E-state index contributed by atoms with van der Waals surface area (Å²) in [4.78, 5) is 7.53. The molecule has 0 unspecified atom stereocenters. The zero-order chi connectivity index (χ0) is 21.3. The highest BCUT2D eigenvalue weighted by molar-refractivity contribution is 7.92. The van der Waals surface area contributed by atoms with Crippen molar-refractivity contribution in [1.82, 2.24) is 4.98 Å². The van der Waals surface area contributed by atoms with Crippen molar-refractivity contribution >= 4 is 26.3 Å². The van der Waals surface area contributed by atoms with Crippen LogP contribution in [0.5, 0.6) is 0 Å². The Bertz CT molecular complexity index is 1130. The summed E-state index contributed by atoms with van der Waals surface area (Å²) in [5, 5.41) is 2.82. The van der Waals surface area contributed by atoms with Gasteiger partial charge in [0.25, 0.3) is 0 Å². The molecule has 1 aliphatic heterocycles. The van der Waals surface area contributed by atoms with Gasteiger partial charge in [0, 0.05) is 24.9 Å². The minimum Gasteiger partial charge on any atom is -0.348 e. The largest absolute Gasteiger partial charge is 0.348 e. The highest BCUT2D eigenvalue weighted by Crippen LogP contribution is 2.30. The van der Waals surface area contributed by atoms with Crippen molar-refractivity contribution < 1.29 is 8.42 Å². The number of hydrogen-bond acceptors (Lipinski definition) is 5. The maximum absolute atomic E-state index is 13.0. The average Bonchev–Trinajstić information content (AvgIpc) is 3.20. The number of nitrogens with zero attached hydrogens (tertiary/aromatic N) is 2. The molecule has 158 valence electrons. The summed E-state index contributed by atoms with van der Waals surface area (Å²) in [5.41, 5.74) is 6.03. The highest BCUT2D eigenvalue weighted by Gasteiger charge is 2.32. The quantitative estimate of drug-likeness (QED) is 0.554. The van der Waals surface area contributed by atoms with E-state index in [1.807, 2.05) is 19.1 Å². The fourth-order valence-electron chi connectivity index (χ4n) is 3.99. The van der Waals surface area contributed by atoms with Crippen molar-refractivity contribution in [1.29, 1.82) is 0 Å². The molecule has 0 spiro atoms. The summed E-state index contributed by atoms with van der Waals surface area (Å²) in [6.45, 7) is 7.68. The number of piperidine rings is 1. The van der Waals surface area contributed by atoms with Gasteiger partial charge in [-0.2, -0.15) is 0 Å². The van der Waals surface area contributed by atoms with Crippen molar-refractivity contribution in [2.24, 2.45) is 0 Å². The maximum Gasteiger partial charge on any atom is 0.185 e. The number of sulfone groups is 1. The third-order valence-electron chi connectivity index (χ3n) is 5.92. The van der Waals surface area contributed by atoms with Crippen molar-refractivity contribution in [3.63, 3.8) is 0 Å². The molecule has 1 saturated heterocycles. The van der Waals surface area contributed by atoms with E-state index >= 15 is 0 Å². The monoisotopic (exact) mass is 440 g/mol. The van der Waals surface area contributed by atoms with Crippen LogP contribution in [-0.4, -0.2) is 31.7 Å². The van der Waals surface area contributed by atoms with Gasteiger partial charge in [-0.25, -0.2) is 13.4 Å². The molecule has 1 aliphatic rings. The van der Waals surface area contributed by atoms with Gasteiger partial charge in [-0.3, -0.25) is 0 Å². The minimum atomic E-state index is -3.27. The van der Waals surface area contributed by atoms with Crippen LogP contribution in [0.1, 0.15) is 40.8 Å². The van der Waals surface area contributed by atoms with Crippen LogP contribution in [0.15, 0.2) is 52.7 Å². The molecule has 0 atom stereocenters.